The number of amides is 1. The van der Waals surface area contributed by atoms with E-state index < -0.39 is 5.54 Å². The fraction of sp³-hybridized carbons (Fsp3) is 0.429. The third-order valence-electron chi connectivity index (χ3n) is 3.91. The Bertz CT molecular complexity index is 539. The van der Waals surface area contributed by atoms with Crippen LogP contribution in [0.5, 0.6) is 0 Å². The largest absolute Gasteiger partial charge is 0.357 e. The summed E-state index contributed by atoms with van der Waals surface area (Å²) in [6, 6.07) is 0. The zero-order valence-electron chi connectivity index (χ0n) is 10.7. The summed E-state index contributed by atoms with van der Waals surface area (Å²) < 4.78 is 0. The van der Waals surface area contributed by atoms with Gasteiger partial charge in [0.05, 0.1) is 11.4 Å². The second-order valence-electron chi connectivity index (χ2n) is 4.98. The predicted octanol–water partition coefficient (Wildman–Crippen LogP) is 1.08. The summed E-state index contributed by atoms with van der Waals surface area (Å²) in [5.41, 5.74) is 3.78. The molecule has 1 aliphatic carbocycles. The summed E-state index contributed by atoms with van der Waals surface area (Å²) in [5, 5.41) is 6.03. The van der Waals surface area contributed by atoms with Crippen molar-refractivity contribution in [3.05, 3.63) is 35.1 Å². The lowest BCUT2D eigenvalue weighted by Gasteiger charge is -2.34. The summed E-state index contributed by atoms with van der Waals surface area (Å²) in [6.07, 6.45) is 8.08. The van der Waals surface area contributed by atoms with Crippen molar-refractivity contribution in [1.82, 2.24) is 10.6 Å². The Kier molecular flexibility index (Phi) is 2.48. The molecule has 1 amide bonds. The van der Waals surface area contributed by atoms with Crippen LogP contribution in [0.3, 0.4) is 0 Å². The molecule has 1 atom stereocenters. The van der Waals surface area contributed by atoms with Crippen LogP contribution in [-0.4, -0.2) is 30.8 Å². The zero-order valence-corrected chi connectivity index (χ0v) is 10.7. The van der Waals surface area contributed by atoms with E-state index in [1.807, 2.05) is 19.1 Å². The summed E-state index contributed by atoms with van der Waals surface area (Å²) in [7, 11) is 1.67. The van der Waals surface area contributed by atoms with Crippen LogP contribution in [0.4, 0.5) is 0 Å². The van der Waals surface area contributed by atoms with Gasteiger partial charge in [0.1, 0.15) is 5.54 Å². The lowest BCUT2D eigenvalue weighted by molar-refractivity contribution is -0.124. The number of nitrogens with zero attached hydrogens (tertiary/aromatic N) is 1. The highest BCUT2D eigenvalue weighted by molar-refractivity contribution is 6.23. The molecule has 94 valence electrons. The summed E-state index contributed by atoms with van der Waals surface area (Å²) in [6.45, 7) is 2.73. The lowest BCUT2D eigenvalue weighted by atomic mass is 9.82. The number of nitrogens with one attached hydrogen (secondary N) is 2. The molecule has 2 N–H and O–H groups in total. The molecular weight excluding hydrogens is 226 g/mol. The van der Waals surface area contributed by atoms with Crippen molar-refractivity contribution < 1.29 is 4.79 Å². The van der Waals surface area contributed by atoms with Gasteiger partial charge in [-0.25, -0.2) is 0 Å². The Morgan fingerprint density at radius 3 is 3.11 bits per heavy atom. The van der Waals surface area contributed by atoms with Crippen molar-refractivity contribution in [3.8, 4) is 0 Å². The average Bonchev–Trinajstić information content (AvgIpc) is 2.78. The molecule has 4 heteroatoms. The quantitative estimate of drug-likeness (QED) is 0.724. The van der Waals surface area contributed by atoms with Gasteiger partial charge in [-0.05, 0) is 37.0 Å². The van der Waals surface area contributed by atoms with Gasteiger partial charge < -0.3 is 5.32 Å². The standard InChI is InChI=1S/C14H17N3O/c1-14(13(18)15-2)12-10(7-8-16-14)9-5-3-4-6-11(9)17-12/h3-4,6,16H,5,7-8H2,1-2H3,(H,15,18). The van der Waals surface area contributed by atoms with Gasteiger partial charge in [-0.2, -0.15) is 0 Å². The molecule has 1 saturated heterocycles. The summed E-state index contributed by atoms with van der Waals surface area (Å²) in [4.78, 5) is 16.8. The number of carbonyl (C=O) groups is 1. The fourth-order valence-corrected chi connectivity index (χ4v) is 2.91. The van der Waals surface area contributed by atoms with Crippen molar-refractivity contribution in [2.45, 2.75) is 25.3 Å². The van der Waals surface area contributed by atoms with Crippen molar-refractivity contribution in [3.63, 3.8) is 0 Å². The van der Waals surface area contributed by atoms with E-state index in [9.17, 15) is 4.79 Å². The molecule has 2 heterocycles. The molecule has 0 saturated carbocycles. The van der Waals surface area contributed by atoms with Crippen LogP contribution < -0.4 is 10.6 Å². The number of rotatable bonds is 1. The molecule has 0 aromatic carbocycles. The molecule has 3 aliphatic rings. The first-order valence-electron chi connectivity index (χ1n) is 6.33. The van der Waals surface area contributed by atoms with Gasteiger partial charge in [-0.3, -0.25) is 15.1 Å². The van der Waals surface area contributed by atoms with Crippen LogP contribution in [0, 0.1) is 0 Å². The van der Waals surface area contributed by atoms with Crippen molar-refractivity contribution in [1.29, 1.82) is 0 Å². The molecule has 1 fully saturated rings. The van der Waals surface area contributed by atoms with Crippen LogP contribution >= 0.6 is 0 Å². The maximum atomic E-state index is 12.1. The average molecular weight is 243 g/mol. The number of piperidine rings is 1. The molecule has 3 rings (SSSR count). The number of likely N-dealkylation sites (N-methyl/N-ethyl adjacent to an activating group) is 1. The molecule has 0 aromatic rings. The topological polar surface area (TPSA) is 53.5 Å². The SMILES string of the molecule is CNC(=O)C1(C)NCCC2=C3CC=CC=C3N=C21. The van der Waals surface area contributed by atoms with Gasteiger partial charge in [0, 0.05) is 13.6 Å². The molecule has 0 spiro atoms. The van der Waals surface area contributed by atoms with Gasteiger partial charge in [-0.15, -0.1) is 0 Å². The number of hydrogen-bond acceptors (Lipinski definition) is 3. The van der Waals surface area contributed by atoms with E-state index >= 15 is 0 Å². The molecular formula is C14H17N3O. The van der Waals surface area contributed by atoms with Gasteiger partial charge >= 0.3 is 0 Å². The highest BCUT2D eigenvalue weighted by Gasteiger charge is 2.45. The minimum absolute atomic E-state index is 0.0220. The normalized spacial score (nSPS) is 29.4. The van der Waals surface area contributed by atoms with Crippen LogP contribution in [-0.2, 0) is 4.79 Å². The maximum Gasteiger partial charge on any atom is 0.246 e. The Balaban J connectivity index is 2.09. The van der Waals surface area contributed by atoms with E-state index in [0.29, 0.717) is 0 Å². The van der Waals surface area contributed by atoms with Gasteiger partial charge in [0.2, 0.25) is 5.91 Å². The van der Waals surface area contributed by atoms with Gasteiger partial charge in [-0.1, -0.05) is 12.2 Å². The second-order valence-corrected chi connectivity index (χ2v) is 4.98. The highest BCUT2D eigenvalue weighted by atomic mass is 16.2. The Morgan fingerprint density at radius 2 is 2.33 bits per heavy atom. The van der Waals surface area contributed by atoms with Crippen molar-refractivity contribution in [2.75, 3.05) is 13.6 Å². The van der Waals surface area contributed by atoms with E-state index in [2.05, 4.69) is 21.7 Å². The van der Waals surface area contributed by atoms with Gasteiger partial charge in [0.15, 0.2) is 0 Å². The van der Waals surface area contributed by atoms with E-state index in [1.165, 1.54) is 11.1 Å². The van der Waals surface area contributed by atoms with Crippen LogP contribution in [0.25, 0.3) is 0 Å². The summed E-state index contributed by atoms with van der Waals surface area (Å²) in [5.74, 6) is -0.0220. The predicted molar refractivity (Wildman–Crippen MR) is 71.4 cm³/mol. The number of hydrogen-bond donors (Lipinski definition) is 2. The molecule has 0 bridgehead atoms. The smallest absolute Gasteiger partial charge is 0.246 e. The number of aliphatic imine (C=N–C) groups is 1. The number of carbonyl (C=O) groups excluding carboxylic acids is 1. The van der Waals surface area contributed by atoms with E-state index in [0.717, 1.165) is 30.8 Å². The lowest BCUT2D eigenvalue weighted by Crippen LogP contribution is -2.62. The molecule has 1 unspecified atom stereocenters. The van der Waals surface area contributed by atoms with E-state index in [-0.39, 0.29) is 5.91 Å². The molecule has 0 radical (unpaired) electrons. The molecule has 0 aromatic heterocycles. The molecule has 18 heavy (non-hydrogen) atoms. The number of fused-ring (bicyclic) bond motifs is 2. The molecule has 2 aliphatic heterocycles. The van der Waals surface area contributed by atoms with E-state index in [1.54, 1.807) is 7.05 Å². The summed E-state index contributed by atoms with van der Waals surface area (Å²) >= 11 is 0. The highest BCUT2D eigenvalue weighted by Crippen LogP contribution is 2.37. The van der Waals surface area contributed by atoms with Crippen LogP contribution in [0.2, 0.25) is 0 Å². The van der Waals surface area contributed by atoms with Crippen LogP contribution in [0.15, 0.2) is 40.1 Å². The third kappa shape index (κ3) is 1.42. The monoisotopic (exact) mass is 243 g/mol. The molecule has 4 nitrogen and oxygen atoms in total. The maximum absolute atomic E-state index is 12.1. The number of allylic oxidation sites excluding steroid dienone is 4. The Hall–Kier alpha value is -1.68. The second kappa shape index (κ2) is 3.92. The van der Waals surface area contributed by atoms with E-state index in [4.69, 9.17) is 0 Å². The Labute approximate surface area is 107 Å². The van der Waals surface area contributed by atoms with Crippen molar-refractivity contribution in [2.24, 2.45) is 4.99 Å². The van der Waals surface area contributed by atoms with Crippen LogP contribution in [0.1, 0.15) is 19.8 Å². The van der Waals surface area contributed by atoms with Gasteiger partial charge in [0.25, 0.3) is 0 Å². The van der Waals surface area contributed by atoms with Crippen molar-refractivity contribution >= 4 is 11.6 Å². The first-order chi connectivity index (χ1) is 8.66. The first-order valence-corrected chi connectivity index (χ1v) is 6.33. The minimum Gasteiger partial charge on any atom is -0.357 e. The fourth-order valence-electron chi connectivity index (χ4n) is 2.91. The third-order valence-corrected chi connectivity index (χ3v) is 3.91. The Morgan fingerprint density at radius 1 is 1.50 bits per heavy atom. The minimum atomic E-state index is -0.701. The zero-order chi connectivity index (χ0) is 12.8. The first kappa shape index (κ1) is 11.4.